The fourth-order valence-electron chi connectivity index (χ4n) is 3.57. The van der Waals surface area contributed by atoms with E-state index in [9.17, 15) is 4.79 Å². The van der Waals surface area contributed by atoms with Crippen LogP contribution in [0.2, 0.25) is 0 Å². The Morgan fingerprint density at radius 3 is 1.23 bits per heavy atom. The van der Waals surface area contributed by atoms with Crippen molar-refractivity contribution in [3.8, 4) is 0 Å². The van der Waals surface area contributed by atoms with Crippen LogP contribution < -0.4 is 0 Å². The van der Waals surface area contributed by atoms with Crippen LogP contribution in [-0.2, 0) is 22.5 Å². The molecule has 5 nitrogen and oxygen atoms in total. The third-order valence-electron chi connectivity index (χ3n) is 5.19. The van der Waals surface area contributed by atoms with Gasteiger partial charge in [0.15, 0.2) is 0 Å². The summed E-state index contributed by atoms with van der Waals surface area (Å²) in [6.45, 7) is 9.03. The quantitative estimate of drug-likeness (QED) is 0.113. The molecule has 0 aromatic heterocycles. The summed E-state index contributed by atoms with van der Waals surface area (Å²) in [5, 5.41) is 0. The summed E-state index contributed by atoms with van der Waals surface area (Å²) in [6.07, 6.45) is 20.0. The first kappa shape index (κ1) is 34.0. The Bertz CT molecular complexity index is 379. The Kier molecular flexibility index (Phi) is 27.9. The van der Waals surface area contributed by atoms with Gasteiger partial charge in [-0.15, -0.1) is 0 Å². The van der Waals surface area contributed by atoms with E-state index in [1.807, 2.05) is 20.8 Å². The van der Waals surface area contributed by atoms with Gasteiger partial charge in [0.05, 0.1) is 0 Å². The standard InChI is InChI=1S/C24H50O5Si.Ca.2H/c1-5-9-10-11-12-13-14-15-16-17-18-19-20-21-22-23-24(25)29-30(26-6-2,27-7-3)28-8-4;;;/h5-23H2,1-4H3;;;/q;+2;2*-1. The maximum absolute atomic E-state index is 12.2. The molecule has 0 atom stereocenters. The number of carbonyl (C=O) groups excluding carboxylic acids is 1. The second-order valence-corrected chi connectivity index (χ2v) is 10.0. The van der Waals surface area contributed by atoms with Crippen molar-refractivity contribution in [2.45, 2.75) is 130 Å². The summed E-state index contributed by atoms with van der Waals surface area (Å²) >= 11 is 0. The Hall–Kier alpha value is 0.827. The van der Waals surface area contributed by atoms with E-state index in [1.165, 1.54) is 83.5 Å². The number of hydrogen-bond donors (Lipinski definition) is 0. The third kappa shape index (κ3) is 21.1. The molecule has 0 unspecified atom stereocenters. The van der Waals surface area contributed by atoms with Crippen LogP contribution in [0.1, 0.15) is 133 Å². The molecule has 0 bridgehead atoms. The molecule has 0 spiro atoms. The normalized spacial score (nSPS) is 11.4. The molecule has 0 aromatic rings. The van der Waals surface area contributed by atoms with Gasteiger partial charge in [-0.25, -0.2) is 0 Å². The Balaban J connectivity index is -0.00000140. The topological polar surface area (TPSA) is 54.0 Å². The Labute approximate surface area is 227 Å². The number of unbranched alkanes of at least 4 members (excludes halogenated alkanes) is 14. The van der Waals surface area contributed by atoms with E-state index < -0.39 is 9.05 Å². The van der Waals surface area contributed by atoms with Crippen molar-refractivity contribution in [3.05, 3.63) is 0 Å². The van der Waals surface area contributed by atoms with E-state index in [2.05, 4.69) is 6.92 Å². The van der Waals surface area contributed by atoms with Crippen molar-refractivity contribution >= 4 is 52.8 Å². The molecule has 0 N–H and O–H groups in total. The Morgan fingerprint density at radius 2 is 0.903 bits per heavy atom. The zero-order chi connectivity index (χ0) is 22.3. The second-order valence-electron chi connectivity index (χ2n) is 7.97. The summed E-state index contributed by atoms with van der Waals surface area (Å²) < 4.78 is 22.2. The summed E-state index contributed by atoms with van der Waals surface area (Å²) in [7, 11) is -3.32. The molecular weight excluding hydrogens is 436 g/mol. The third-order valence-corrected chi connectivity index (χ3v) is 7.59. The molecule has 0 radical (unpaired) electrons. The van der Waals surface area contributed by atoms with E-state index in [0.29, 0.717) is 26.2 Å². The van der Waals surface area contributed by atoms with Gasteiger partial charge in [0.25, 0.3) is 5.97 Å². The number of rotatable bonds is 23. The van der Waals surface area contributed by atoms with Gasteiger partial charge in [-0.3, -0.25) is 4.79 Å². The van der Waals surface area contributed by atoms with Gasteiger partial charge in [0.2, 0.25) is 0 Å². The van der Waals surface area contributed by atoms with Crippen LogP contribution in [0.25, 0.3) is 0 Å². The molecule has 0 aliphatic rings. The molecule has 0 amide bonds. The molecule has 0 heterocycles. The van der Waals surface area contributed by atoms with E-state index in [4.69, 9.17) is 17.7 Å². The largest absolute Gasteiger partial charge is 2.00 e. The van der Waals surface area contributed by atoms with Gasteiger partial charge in [0.1, 0.15) is 0 Å². The van der Waals surface area contributed by atoms with E-state index >= 15 is 0 Å². The molecule has 0 aliphatic carbocycles. The average Bonchev–Trinajstić information content (AvgIpc) is 2.71. The van der Waals surface area contributed by atoms with Crippen molar-refractivity contribution < 1.29 is 25.4 Å². The minimum absolute atomic E-state index is 0. The molecule has 184 valence electrons. The van der Waals surface area contributed by atoms with E-state index in [-0.39, 0.29) is 46.6 Å². The molecule has 31 heavy (non-hydrogen) atoms. The molecule has 7 heteroatoms. The maximum Gasteiger partial charge on any atom is 2.00 e. The zero-order valence-electron chi connectivity index (χ0n) is 23.2. The first-order valence-corrected chi connectivity index (χ1v) is 14.4. The molecule has 0 aromatic carbocycles. The van der Waals surface area contributed by atoms with Crippen LogP contribution in [0.15, 0.2) is 0 Å². The predicted molar refractivity (Wildman–Crippen MR) is 134 cm³/mol. The summed E-state index contributed by atoms with van der Waals surface area (Å²) in [6, 6.07) is 0. The first-order chi connectivity index (χ1) is 14.6. The van der Waals surface area contributed by atoms with Gasteiger partial charge in [0, 0.05) is 26.2 Å². The molecule has 0 saturated heterocycles. The van der Waals surface area contributed by atoms with Crippen LogP contribution in [-0.4, -0.2) is 72.6 Å². The van der Waals surface area contributed by atoms with Gasteiger partial charge < -0.3 is 20.6 Å². The number of carbonyl (C=O) groups is 1. The van der Waals surface area contributed by atoms with Crippen molar-refractivity contribution in [1.29, 1.82) is 0 Å². The summed E-state index contributed by atoms with van der Waals surface area (Å²) in [5.74, 6) is -0.272. The van der Waals surface area contributed by atoms with Crippen molar-refractivity contribution in [2.75, 3.05) is 19.8 Å². The molecule has 0 aliphatic heterocycles. The minimum Gasteiger partial charge on any atom is -1.00 e. The average molecular weight is 489 g/mol. The predicted octanol–water partition coefficient (Wildman–Crippen LogP) is 7.18. The van der Waals surface area contributed by atoms with Crippen LogP contribution in [0, 0.1) is 0 Å². The van der Waals surface area contributed by atoms with Crippen LogP contribution in [0.5, 0.6) is 0 Å². The van der Waals surface area contributed by atoms with Crippen molar-refractivity contribution in [3.63, 3.8) is 0 Å². The molecule has 0 saturated carbocycles. The van der Waals surface area contributed by atoms with E-state index in [0.717, 1.165) is 12.8 Å². The zero-order valence-corrected chi connectivity index (χ0v) is 24.4. The Morgan fingerprint density at radius 1 is 0.581 bits per heavy atom. The monoisotopic (exact) mass is 488 g/mol. The van der Waals surface area contributed by atoms with Gasteiger partial charge in [-0.2, -0.15) is 0 Å². The SMILES string of the molecule is CCCCCCCCCCCCCCCCCC(=O)O[Si](OCC)(OCC)OCC.[Ca+2].[H-].[H-]. The second kappa shape index (κ2) is 25.4. The summed E-state index contributed by atoms with van der Waals surface area (Å²) in [5.41, 5.74) is 0. The maximum atomic E-state index is 12.2. The van der Waals surface area contributed by atoms with E-state index in [1.54, 1.807) is 0 Å². The van der Waals surface area contributed by atoms with Crippen LogP contribution in [0.3, 0.4) is 0 Å². The minimum atomic E-state index is -3.32. The molecular formula is C24H52CaO5Si. The van der Waals surface area contributed by atoms with Gasteiger partial charge in [-0.1, -0.05) is 96.8 Å². The fourth-order valence-corrected chi connectivity index (χ4v) is 5.44. The van der Waals surface area contributed by atoms with Crippen LogP contribution >= 0.6 is 0 Å². The van der Waals surface area contributed by atoms with Crippen molar-refractivity contribution in [2.24, 2.45) is 0 Å². The van der Waals surface area contributed by atoms with Gasteiger partial charge >= 0.3 is 46.8 Å². The van der Waals surface area contributed by atoms with Crippen LogP contribution in [0.4, 0.5) is 0 Å². The number of hydrogen-bond acceptors (Lipinski definition) is 5. The molecule has 0 rings (SSSR count). The smallest absolute Gasteiger partial charge is 1.00 e. The fraction of sp³-hybridized carbons (Fsp3) is 0.958. The first-order valence-electron chi connectivity index (χ1n) is 12.8. The van der Waals surface area contributed by atoms with Crippen molar-refractivity contribution in [1.82, 2.24) is 0 Å². The molecule has 0 fully saturated rings. The summed E-state index contributed by atoms with van der Waals surface area (Å²) in [4.78, 5) is 12.2. The van der Waals surface area contributed by atoms with Gasteiger partial charge in [-0.05, 0) is 27.2 Å².